The van der Waals surface area contributed by atoms with Crippen LogP contribution in [-0.4, -0.2) is 14.4 Å². The predicted molar refractivity (Wildman–Crippen MR) is 495 cm³/mol. The fourth-order valence-corrected chi connectivity index (χ4v) is 19.1. The molecule has 0 unspecified atom stereocenters. The maximum atomic E-state index is 13.1. The Kier molecular flexibility index (Phi) is 20.2. The normalized spacial score (nSPS) is 11.4. The fraction of sp³-hybridized carbons (Fsp3) is 0.0204. The molecule has 0 radical (unpaired) electrons. The molecule has 0 atom stereocenters. The molecular formula is C98H48F2I2O16S2. The van der Waals surface area contributed by atoms with E-state index in [1.165, 1.54) is 22.7 Å². The molecule has 22 heteroatoms. The topological polar surface area (TPSA) is 273 Å². The number of rotatable bonds is 6. The van der Waals surface area contributed by atoms with Gasteiger partial charge in [0.2, 0.25) is 86.9 Å². The lowest BCUT2D eigenvalue weighted by molar-refractivity contribution is 0.635. The summed E-state index contributed by atoms with van der Waals surface area (Å²) >= 11 is 6.85. The molecule has 0 fully saturated rings. The molecular weight excluding hydrogens is 1790 g/mol. The van der Waals surface area contributed by atoms with Crippen LogP contribution < -0.4 is 86.9 Å². The number of halogens is 4. The Hall–Kier alpha value is -13.9. The van der Waals surface area contributed by atoms with Crippen LogP contribution in [0.5, 0.6) is 0 Å². The largest absolute Gasteiger partial charge is 0.285 e. The lowest BCUT2D eigenvalue weighted by atomic mass is 9.84. The molecule has 14 aromatic rings. The highest BCUT2D eigenvalue weighted by molar-refractivity contribution is 14.1. The van der Waals surface area contributed by atoms with E-state index in [9.17, 15) is 85.5 Å². The molecule has 0 saturated carbocycles. The first kappa shape index (κ1) is 78.6. The van der Waals surface area contributed by atoms with Gasteiger partial charge in [-0.1, -0.05) is 133 Å². The molecule has 2 aromatic heterocycles. The molecule has 22 rings (SSSR count). The summed E-state index contributed by atoms with van der Waals surface area (Å²) in [6, 6.07) is 70.7. The number of hydrogen-bond donors (Lipinski definition) is 0. The van der Waals surface area contributed by atoms with Gasteiger partial charge in [0, 0.05) is 148 Å². The van der Waals surface area contributed by atoms with Crippen molar-refractivity contribution in [1.29, 1.82) is 0 Å². The van der Waals surface area contributed by atoms with E-state index in [0.717, 1.165) is 32.0 Å². The first-order valence-electron chi connectivity index (χ1n) is 36.6. The standard InChI is InChI=1S/2C28H14O4.C24H10O4S2.C16H4I2O4.2CH3F/c2*29-25-19-11-17(15-7-3-1-4-8-15)12-20-23(19)24-21(27(25)31)13-18(16-9-5-2-6-10-16)14-22(24)28(32)26(20)30;25-21-13-7-11(17-3-1-5-29-17)8-14-19(13)20-15(23(21)27)9-12(18-4-2-6-30-18)10-16(20)24(28)22(14)26;17-5-1-7-11-8(2-5)15(21)16(22)10-4-6(18)3-9(12(10)11)14(20)13(7)19;2*1-2/h2*1-14H;1-10H;1-4H;2*1H3. The Balaban J connectivity index is 0.000000113. The van der Waals surface area contributed by atoms with Gasteiger partial charge >= 0.3 is 0 Å². The highest BCUT2D eigenvalue weighted by Crippen LogP contribution is 2.44. The third kappa shape index (κ3) is 12.6. The van der Waals surface area contributed by atoms with Crippen LogP contribution in [0.2, 0.25) is 0 Å². The summed E-state index contributed by atoms with van der Waals surface area (Å²) < 4.78 is 20.3. The smallest absolute Gasteiger partial charge is 0.234 e. The zero-order chi connectivity index (χ0) is 84.3. The molecule has 0 bridgehead atoms. The molecule has 12 aromatic carbocycles. The van der Waals surface area contributed by atoms with E-state index in [-0.39, 0.29) is 86.2 Å². The molecule has 0 aliphatic heterocycles. The lowest BCUT2D eigenvalue weighted by Gasteiger charge is -2.17. The fourth-order valence-electron chi connectivity index (χ4n) is 16.4. The van der Waals surface area contributed by atoms with Crippen molar-refractivity contribution in [3.63, 3.8) is 0 Å². The van der Waals surface area contributed by atoms with Crippen molar-refractivity contribution in [2.75, 3.05) is 14.4 Å². The van der Waals surface area contributed by atoms with Crippen LogP contribution in [0.25, 0.3) is 196 Å². The van der Waals surface area contributed by atoms with Gasteiger partial charge in [0.25, 0.3) is 0 Å². The van der Waals surface area contributed by atoms with Gasteiger partial charge in [-0.25, -0.2) is 0 Å². The van der Waals surface area contributed by atoms with E-state index < -0.39 is 86.9 Å². The Bertz CT molecular complexity index is 7580. The highest BCUT2D eigenvalue weighted by Gasteiger charge is 2.32. The average molecular weight is 1840 g/mol. The van der Waals surface area contributed by atoms with Crippen LogP contribution >= 0.6 is 67.9 Å². The third-order valence-electron chi connectivity index (χ3n) is 21.6. The Morgan fingerprint density at radius 1 is 0.175 bits per heavy atom. The predicted octanol–water partition coefficient (Wildman–Crippen LogP) is 15.9. The second kappa shape index (κ2) is 30.9. The maximum Gasteiger partial charge on any atom is 0.234 e. The first-order chi connectivity index (χ1) is 58.0. The van der Waals surface area contributed by atoms with Crippen LogP contribution in [-0.2, 0) is 0 Å². The molecule has 0 saturated heterocycles. The number of hydrogen-bond acceptors (Lipinski definition) is 18. The lowest BCUT2D eigenvalue weighted by Crippen LogP contribution is -2.31. The van der Waals surface area contributed by atoms with E-state index >= 15 is 0 Å². The second-order valence-electron chi connectivity index (χ2n) is 28.1. The first-order valence-corrected chi connectivity index (χ1v) is 40.5. The summed E-state index contributed by atoms with van der Waals surface area (Å²) in [4.78, 5) is 208. The minimum atomic E-state index is -0.662. The summed E-state index contributed by atoms with van der Waals surface area (Å²) in [5.41, 5.74) is -0.176. The average Bonchev–Trinajstić information content (AvgIpc) is 0.825. The molecule has 0 N–H and O–H groups in total. The molecule has 120 heavy (non-hydrogen) atoms. The van der Waals surface area contributed by atoms with Gasteiger partial charge in [-0.2, -0.15) is 0 Å². The highest BCUT2D eigenvalue weighted by atomic mass is 127. The van der Waals surface area contributed by atoms with E-state index in [4.69, 9.17) is 0 Å². The maximum absolute atomic E-state index is 13.1. The summed E-state index contributed by atoms with van der Waals surface area (Å²) in [5, 5.41) is 6.79. The van der Waals surface area contributed by atoms with Crippen molar-refractivity contribution in [1.82, 2.24) is 0 Å². The SMILES string of the molecule is CF.CF.O=c1c(=O)c2cc(-c3ccccc3)cc3c2-c2c1cc(-c1ccccc1)cc2c(=O)c3=O.O=c1c(=O)c2cc(-c3ccccc3)cc3c2-c2c1cc(-c1ccccc1)cc2c(=O)c3=O.O=c1c(=O)c2cc(-c3cccs3)cc3c2-c2c1cc(-c1cccs1)cc2c(=O)c3=O.O=c1c(=O)c2cc(I)cc3c2-c2c1cc(I)cc2c(=O)c3=O. The van der Waals surface area contributed by atoms with Gasteiger partial charge in [-0.05, 0) is 221 Å². The monoisotopic (exact) mass is 1840 g/mol. The molecule has 2 heterocycles. The molecule has 8 aliphatic rings. The van der Waals surface area contributed by atoms with Crippen molar-refractivity contribution < 1.29 is 8.78 Å². The van der Waals surface area contributed by atoms with Crippen molar-refractivity contribution >= 4 is 154 Å². The minimum absolute atomic E-state index is 0.174. The quantitative estimate of drug-likeness (QED) is 0.0850. The summed E-state index contributed by atoms with van der Waals surface area (Å²) in [7, 11) is 1.00. The minimum Gasteiger partial charge on any atom is -0.285 e. The van der Waals surface area contributed by atoms with Crippen LogP contribution in [0.3, 0.4) is 0 Å². The van der Waals surface area contributed by atoms with E-state index in [2.05, 4.69) is 0 Å². The molecule has 576 valence electrons. The Labute approximate surface area is 705 Å². The van der Waals surface area contributed by atoms with Gasteiger partial charge in [-0.15, -0.1) is 22.7 Å². The van der Waals surface area contributed by atoms with Crippen molar-refractivity contribution in [3.8, 4) is 110 Å². The Morgan fingerprint density at radius 2 is 0.317 bits per heavy atom. The van der Waals surface area contributed by atoms with Crippen molar-refractivity contribution in [2.45, 2.75) is 0 Å². The molecule has 8 aliphatic carbocycles. The van der Waals surface area contributed by atoms with Gasteiger partial charge in [0.05, 0.1) is 14.4 Å². The zero-order valence-electron chi connectivity index (χ0n) is 62.1. The molecule has 0 spiro atoms. The molecule has 0 amide bonds. The molecule has 16 nitrogen and oxygen atoms in total. The van der Waals surface area contributed by atoms with Gasteiger partial charge in [-0.3, -0.25) is 85.5 Å². The van der Waals surface area contributed by atoms with Gasteiger partial charge in [0.1, 0.15) is 0 Å². The second-order valence-corrected chi connectivity index (χ2v) is 32.5. The van der Waals surface area contributed by atoms with Crippen molar-refractivity contribution in [3.05, 3.63) is 424 Å². The van der Waals surface area contributed by atoms with E-state index in [1.807, 2.05) is 202 Å². The zero-order valence-corrected chi connectivity index (χ0v) is 68.1. The number of benzene rings is 20. The number of alkyl halides is 2. The summed E-state index contributed by atoms with van der Waals surface area (Å²) in [6.45, 7) is 0. The van der Waals surface area contributed by atoms with Crippen molar-refractivity contribution in [2.24, 2.45) is 0 Å². The summed E-state index contributed by atoms with van der Waals surface area (Å²) in [6.07, 6.45) is 0. The van der Waals surface area contributed by atoms with Crippen LogP contribution in [0.4, 0.5) is 8.78 Å². The van der Waals surface area contributed by atoms with Gasteiger partial charge in [0.15, 0.2) is 0 Å². The van der Waals surface area contributed by atoms with E-state index in [0.29, 0.717) is 99.4 Å². The van der Waals surface area contributed by atoms with E-state index in [1.54, 1.807) is 97.1 Å². The number of thiophene rings is 2. The third-order valence-corrected chi connectivity index (χ3v) is 24.7. The van der Waals surface area contributed by atoms with Crippen LogP contribution in [0, 0.1) is 7.14 Å². The van der Waals surface area contributed by atoms with Crippen LogP contribution in [0.1, 0.15) is 0 Å². The van der Waals surface area contributed by atoms with Crippen LogP contribution in [0.15, 0.2) is 330 Å². The van der Waals surface area contributed by atoms with Gasteiger partial charge < -0.3 is 0 Å². The Morgan fingerprint density at radius 3 is 0.458 bits per heavy atom. The summed E-state index contributed by atoms with van der Waals surface area (Å²) in [5.74, 6) is 0.